The molecule has 0 aliphatic carbocycles. The van der Waals surface area contributed by atoms with Gasteiger partial charge in [-0.1, -0.05) is 11.6 Å². The molecule has 0 spiro atoms. The summed E-state index contributed by atoms with van der Waals surface area (Å²) in [7, 11) is 0. The van der Waals surface area contributed by atoms with Crippen LogP contribution in [-0.4, -0.2) is 24.6 Å². The van der Waals surface area contributed by atoms with E-state index in [0.29, 0.717) is 28.6 Å². The van der Waals surface area contributed by atoms with Gasteiger partial charge >= 0.3 is 5.97 Å². The molecule has 1 atom stereocenters. The van der Waals surface area contributed by atoms with Crippen LogP contribution >= 0.6 is 11.6 Å². The third-order valence-corrected chi connectivity index (χ3v) is 4.35. The van der Waals surface area contributed by atoms with E-state index in [0.717, 1.165) is 11.1 Å². The number of carbonyl (C=O) groups excluding carboxylic acids is 2. The van der Waals surface area contributed by atoms with Crippen molar-refractivity contribution in [2.45, 2.75) is 33.8 Å². The first-order valence-electron chi connectivity index (χ1n) is 8.33. The van der Waals surface area contributed by atoms with Crippen molar-refractivity contribution in [2.75, 3.05) is 11.9 Å². The van der Waals surface area contributed by atoms with E-state index >= 15 is 0 Å². The lowest BCUT2D eigenvalue weighted by Crippen LogP contribution is -2.30. The van der Waals surface area contributed by atoms with Crippen LogP contribution in [-0.2, 0) is 9.53 Å². The van der Waals surface area contributed by atoms with Gasteiger partial charge in [0.1, 0.15) is 5.75 Å². The quantitative estimate of drug-likeness (QED) is 0.753. The predicted octanol–water partition coefficient (Wildman–Crippen LogP) is 4.54. The van der Waals surface area contributed by atoms with Crippen LogP contribution in [0.15, 0.2) is 36.4 Å². The fourth-order valence-corrected chi connectivity index (χ4v) is 2.49. The minimum absolute atomic E-state index is 0.292. The molecule has 0 aromatic heterocycles. The topological polar surface area (TPSA) is 64.6 Å². The largest absolute Gasteiger partial charge is 0.481 e. The van der Waals surface area contributed by atoms with Crippen molar-refractivity contribution >= 4 is 29.2 Å². The second-order valence-corrected chi connectivity index (χ2v) is 6.30. The van der Waals surface area contributed by atoms with Crippen LogP contribution in [0.3, 0.4) is 0 Å². The maximum Gasteiger partial charge on any atom is 0.338 e. The van der Waals surface area contributed by atoms with Gasteiger partial charge in [-0.2, -0.15) is 0 Å². The predicted molar refractivity (Wildman–Crippen MR) is 102 cm³/mol. The zero-order valence-corrected chi connectivity index (χ0v) is 16.0. The van der Waals surface area contributed by atoms with E-state index in [9.17, 15) is 9.59 Å². The highest BCUT2D eigenvalue weighted by Crippen LogP contribution is 2.26. The molecule has 0 heterocycles. The zero-order chi connectivity index (χ0) is 19.3. The summed E-state index contributed by atoms with van der Waals surface area (Å²) in [6.45, 7) is 7.50. The summed E-state index contributed by atoms with van der Waals surface area (Å²) in [6.07, 6.45) is -0.695. The maximum atomic E-state index is 12.3. The molecule has 0 aliphatic rings. The van der Waals surface area contributed by atoms with E-state index in [4.69, 9.17) is 21.1 Å². The number of hydrogen-bond donors (Lipinski definition) is 1. The molecule has 2 aromatic carbocycles. The summed E-state index contributed by atoms with van der Waals surface area (Å²) < 4.78 is 10.6. The Hall–Kier alpha value is -2.53. The number of anilines is 1. The Balaban J connectivity index is 1.99. The lowest BCUT2D eigenvalue weighted by Gasteiger charge is -2.16. The molecule has 0 saturated heterocycles. The normalized spacial score (nSPS) is 11.6. The number of aryl methyl sites for hydroxylation is 2. The molecule has 0 aliphatic heterocycles. The van der Waals surface area contributed by atoms with Gasteiger partial charge in [0.15, 0.2) is 6.10 Å². The van der Waals surface area contributed by atoms with Gasteiger partial charge in [0.2, 0.25) is 0 Å². The first-order valence-corrected chi connectivity index (χ1v) is 8.71. The smallest absolute Gasteiger partial charge is 0.338 e. The Morgan fingerprint density at radius 3 is 2.23 bits per heavy atom. The summed E-state index contributed by atoms with van der Waals surface area (Å²) in [6, 6.07) is 10.1. The molecule has 26 heavy (non-hydrogen) atoms. The Kier molecular flexibility index (Phi) is 6.64. The third-order valence-electron chi connectivity index (χ3n) is 3.76. The Morgan fingerprint density at radius 2 is 1.69 bits per heavy atom. The minimum atomic E-state index is -0.695. The van der Waals surface area contributed by atoms with Gasteiger partial charge in [0.05, 0.1) is 12.2 Å². The molecular weight excluding hydrogens is 354 g/mol. The fourth-order valence-electron chi connectivity index (χ4n) is 2.38. The summed E-state index contributed by atoms with van der Waals surface area (Å²) in [5.41, 5.74) is 2.79. The van der Waals surface area contributed by atoms with E-state index < -0.39 is 12.1 Å². The summed E-state index contributed by atoms with van der Waals surface area (Å²) in [5.74, 6) is -0.0978. The number of ether oxygens (including phenoxy) is 2. The van der Waals surface area contributed by atoms with Gasteiger partial charge in [-0.05, 0) is 75.2 Å². The van der Waals surface area contributed by atoms with E-state index in [-0.39, 0.29) is 5.91 Å². The molecule has 0 saturated carbocycles. The van der Waals surface area contributed by atoms with Crippen molar-refractivity contribution < 1.29 is 19.1 Å². The highest BCUT2D eigenvalue weighted by atomic mass is 35.5. The molecular formula is C20H22ClNO4. The number of benzene rings is 2. The highest BCUT2D eigenvalue weighted by molar-refractivity contribution is 6.32. The minimum Gasteiger partial charge on any atom is -0.481 e. The summed E-state index contributed by atoms with van der Waals surface area (Å²) >= 11 is 6.14. The molecule has 0 fully saturated rings. The SMILES string of the molecule is CCOC(=O)c1ccc(NC(=O)[C@H](C)Oc2cc(C)c(Cl)c(C)c2)cc1. The summed E-state index contributed by atoms with van der Waals surface area (Å²) in [5, 5.41) is 3.45. The van der Waals surface area contributed by atoms with Crippen LogP contribution in [0, 0.1) is 13.8 Å². The van der Waals surface area contributed by atoms with Crippen molar-refractivity contribution in [3.05, 3.63) is 58.1 Å². The van der Waals surface area contributed by atoms with Crippen molar-refractivity contribution in [3.8, 4) is 5.75 Å². The van der Waals surface area contributed by atoms with Gasteiger partial charge < -0.3 is 14.8 Å². The molecule has 1 N–H and O–H groups in total. The van der Waals surface area contributed by atoms with Crippen LogP contribution in [0.1, 0.15) is 35.3 Å². The van der Waals surface area contributed by atoms with Gasteiger partial charge in [-0.3, -0.25) is 4.79 Å². The first kappa shape index (κ1) is 19.8. The number of amides is 1. The lowest BCUT2D eigenvalue weighted by atomic mass is 10.1. The van der Waals surface area contributed by atoms with E-state index in [1.165, 1.54) is 0 Å². The Labute approximate surface area is 158 Å². The molecule has 0 radical (unpaired) electrons. The van der Waals surface area contributed by atoms with Crippen molar-refractivity contribution in [1.82, 2.24) is 0 Å². The first-order chi connectivity index (χ1) is 12.3. The molecule has 5 nitrogen and oxygen atoms in total. The molecule has 6 heteroatoms. The highest BCUT2D eigenvalue weighted by Gasteiger charge is 2.16. The van der Waals surface area contributed by atoms with Crippen molar-refractivity contribution in [1.29, 1.82) is 0 Å². The zero-order valence-electron chi connectivity index (χ0n) is 15.3. The third kappa shape index (κ3) is 4.99. The van der Waals surface area contributed by atoms with Gasteiger partial charge in [0.25, 0.3) is 5.91 Å². The van der Waals surface area contributed by atoms with Crippen LogP contribution in [0.25, 0.3) is 0 Å². The maximum absolute atomic E-state index is 12.3. The average Bonchev–Trinajstić information content (AvgIpc) is 2.60. The van der Waals surface area contributed by atoms with Gasteiger partial charge in [-0.15, -0.1) is 0 Å². The monoisotopic (exact) mass is 375 g/mol. The number of esters is 1. The molecule has 138 valence electrons. The van der Waals surface area contributed by atoms with E-state index in [1.54, 1.807) is 50.2 Å². The second-order valence-electron chi connectivity index (χ2n) is 5.92. The van der Waals surface area contributed by atoms with Gasteiger partial charge in [-0.25, -0.2) is 4.79 Å². The van der Waals surface area contributed by atoms with Crippen LogP contribution in [0.4, 0.5) is 5.69 Å². The Bertz CT molecular complexity index is 779. The van der Waals surface area contributed by atoms with Gasteiger partial charge in [0, 0.05) is 10.7 Å². The second kappa shape index (κ2) is 8.72. The molecule has 0 bridgehead atoms. The number of rotatable bonds is 6. The van der Waals surface area contributed by atoms with Crippen LogP contribution in [0.5, 0.6) is 5.75 Å². The molecule has 2 rings (SSSR count). The average molecular weight is 376 g/mol. The molecule has 1 amide bonds. The molecule has 0 unspecified atom stereocenters. The van der Waals surface area contributed by atoms with E-state index in [2.05, 4.69) is 5.32 Å². The van der Waals surface area contributed by atoms with Crippen LogP contribution < -0.4 is 10.1 Å². The van der Waals surface area contributed by atoms with Crippen LogP contribution in [0.2, 0.25) is 5.02 Å². The van der Waals surface area contributed by atoms with Crippen molar-refractivity contribution in [3.63, 3.8) is 0 Å². The summed E-state index contributed by atoms with van der Waals surface area (Å²) in [4.78, 5) is 24.0. The standard InChI is InChI=1S/C20H22ClNO4/c1-5-25-20(24)15-6-8-16(9-7-15)22-19(23)14(4)26-17-10-12(2)18(21)13(3)11-17/h6-11,14H,5H2,1-4H3,(H,22,23)/t14-/m0/s1. The number of halogens is 1. The lowest BCUT2D eigenvalue weighted by molar-refractivity contribution is -0.122. The fraction of sp³-hybridized carbons (Fsp3) is 0.300. The van der Waals surface area contributed by atoms with E-state index in [1.807, 2.05) is 13.8 Å². The number of nitrogens with one attached hydrogen (secondary N) is 1. The molecule has 2 aromatic rings. The Morgan fingerprint density at radius 1 is 1.12 bits per heavy atom. The number of carbonyl (C=O) groups is 2. The van der Waals surface area contributed by atoms with Crippen molar-refractivity contribution in [2.24, 2.45) is 0 Å². The number of hydrogen-bond acceptors (Lipinski definition) is 4.